The molecule has 123 heavy (non-hydrogen) atoms. The molecule has 33 nitrogen and oxygen atoms in total. The molecule has 2 aliphatic rings. The molecule has 0 saturated carbocycles. The lowest BCUT2D eigenvalue weighted by atomic mass is 9.89. The number of aromatic nitrogens is 2. The van der Waals surface area contributed by atoms with Gasteiger partial charge in [-0.3, -0.25) is 52.8 Å². The largest absolute Gasteiger partial charge is 0.481 e. The van der Waals surface area contributed by atoms with E-state index >= 15 is 0 Å². The number of thiazole rings is 1. The van der Waals surface area contributed by atoms with Crippen LogP contribution in [0, 0.1) is 29.6 Å². The highest BCUT2D eigenvalue weighted by Gasteiger charge is 2.45. The van der Waals surface area contributed by atoms with E-state index in [1.54, 1.807) is 101 Å². The highest BCUT2D eigenvalue weighted by molar-refractivity contribution is 7.09. The topological polar surface area (TPSA) is 415 Å². The number of hydrogen-bond donors (Lipinski definition) is 9. The molecule has 11 atom stereocenters. The summed E-state index contributed by atoms with van der Waals surface area (Å²) in [6, 6.07) is 19.3. The highest BCUT2D eigenvalue weighted by Crippen LogP contribution is 2.32. The van der Waals surface area contributed by atoms with E-state index in [9.17, 15) is 57.5 Å². The molecule has 0 spiro atoms. The van der Waals surface area contributed by atoms with Crippen LogP contribution in [0.15, 0.2) is 96.5 Å². The van der Waals surface area contributed by atoms with E-state index in [4.69, 9.17) is 34.5 Å². The number of carbonyl (C=O) groups is 12. The zero-order valence-electron chi connectivity index (χ0n) is 74.1. The standard InChI is InChI=1S/C89H133N15O18S/c1-15-59(8)80(71(118-13)53-75(108)104-41-22-28-70(104)81(119-14)60(9)82(111)96-68(86-92-40-50-123-86)51-61-23-17-16-18-24-61)99(11)87(115)78(57(4)5)98-85(114)79(58(6)7)100(12)89(117)122-55-62-29-31-64(32-30-62)94-83(112)67(26-21-39-93-88(90)116)95-84(113)77(56(2)3)97-72(105)33-34-74(107)103(45-47-121-49-48-120-46-38-76(109)110)65-35-42-101(43-36-65)73(106)37-44-102-66(54-91-10)52-63-25-19-20-27-69(63)102/h16-20,23-25,27,29-32,40,50,52,56-60,65,67-68,70-71,77-81,91H,15,21-22,26,28,33-39,41-49,51,53-55H2,1-14H3,(H,94,112)(H,95,113)(H,96,111)(H,97,105)(H,98,114)(H,109,110)(H3,90,93,116)/t59-,60+,67-,68-,70-,71+,77-,78-,79-,80-,81+/m0/s1. The van der Waals surface area contributed by atoms with Crippen LogP contribution in [-0.4, -0.2) is 259 Å². The summed E-state index contributed by atoms with van der Waals surface area (Å²) < 4.78 is 31.4. The van der Waals surface area contributed by atoms with Gasteiger partial charge in [0.15, 0.2) is 0 Å². The number of amides is 12. The van der Waals surface area contributed by atoms with Crippen molar-refractivity contribution in [1.82, 2.24) is 66.0 Å². The van der Waals surface area contributed by atoms with Crippen LogP contribution in [0.25, 0.3) is 10.9 Å². The SMILES string of the molecule is CC[C@H](C)[C@@H]([C@@H](CC(=O)N1CCC[C@H]1[C@H](OC)[C@@H](C)C(=O)N[C@@H](Cc1ccccc1)c1nccs1)OC)N(C)C(=O)[C@@H](NC(=O)[C@H](C(C)C)N(C)C(=O)OCc1ccc(NC(=O)[C@H](CCCNC(N)=O)NC(=O)[C@@H](NC(=O)CCC(=O)N(CCOCCOCCC(=O)O)C2CCN(C(=O)CCn3c(CNC)cc4ccccc43)CC2)C(C)C)cc1)C(C)C. The predicted molar refractivity (Wildman–Crippen MR) is 467 cm³/mol. The van der Waals surface area contributed by atoms with Gasteiger partial charge in [-0.2, -0.15) is 0 Å². The van der Waals surface area contributed by atoms with Gasteiger partial charge in [-0.1, -0.05) is 129 Å². The normalized spacial score (nSPS) is 16.1. The summed E-state index contributed by atoms with van der Waals surface area (Å²) >= 11 is 1.46. The molecule has 7 rings (SSSR count). The first-order chi connectivity index (χ1) is 58.8. The van der Waals surface area contributed by atoms with E-state index in [1.807, 2.05) is 92.7 Å². The van der Waals surface area contributed by atoms with Gasteiger partial charge in [0.2, 0.25) is 53.2 Å². The molecule has 0 unspecified atom stereocenters. The van der Waals surface area contributed by atoms with E-state index in [0.717, 1.165) is 27.2 Å². The summed E-state index contributed by atoms with van der Waals surface area (Å²) in [5.41, 5.74) is 9.29. The second kappa shape index (κ2) is 50.6. The molecule has 0 radical (unpaired) electrons. The summed E-state index contributed by atoms with van der Waals surface area (Å²) in [6.45, 7) is 19.1. The Morgan fingerprint density at radius 2 is 1.37 bits per heavy atom. The van der Waals surface area contributed by atoms with Crippen molar-refractivity contribution < 1.29 is 86.3 Å². The Bertz CT molecular complexity index is 4220. The number of urea groups is 1. The van der Waals surface area contributed by atoms with Crippen molar-refractivity contribution in [3.8, 4) is 0 Å². The second-order valence-corrected chi connectivity index (χ2v) is 33.9. The number of methoxy groups -OCH3 is 2. The third-order valence-electron chi connectivity index (χ3n) is 23.2. The monoisotopic (exact) mass is 1730 g/mol. The number of carboxylic acid groups (broad SMARTS) is 1. The van der Waals surface area contributed by atoms with Crippen LogP contribution in [-0.2, 0) is 97.7 Å². The highest BCUT2D eigenvalue weighted by atomic mass is 32.1. The molecular formula is C89H133N15O18S. The number of hydrogen-bond acceptors (Lipinski definition) is 20. The average Bonchev–Trinajstić information content (AvgIpc) is 1.72. The summed E-state index contributed by atoms with van der Waals surface area (Å²) in [5.74, 6) is -6.99. The van der Waals surface area contributed by atoms with E-state index < -0.39 is 120 Å². The van der Waals surface area contributed by atoms with Gasteiger partial charge in [0.25, 0.3) is 0 Å². The Balaban J connectivity index is 0.923. The zero-order chi connectivity index (χ0) is 90.0. The number of ether oxygens (including phenoxy) is 5. The van der Waals surface area contributed by atoms with Gasteiger partial charge in [0.05, 0.1) is 75.5 Å². The number of piperidine rings is 1. The minimum Gasteiger partial charge on any atom is -0.481 e. The van der Waals surface area contributed by atoms with Crippen LogP contribution in [0.1, 0.15) is 167 Å². The molecule has 0 bridgehead atoms. The number of primary amides is 1. The first-order valence-corrected chi connectivity index (χ1v) is 43.9. The third-order valence-corrected chi connectivity index (χ3v) is 24.0. The minimum atomic E-state index is -1.20. The number of nitrogens with one attached hydrogen (secondary N) is 7. The summed E-state index contributed by atoms with van der Waals surface area (Å²) in [4.78, 5) is 178. The number of nitrogens with two attached hydrogens (primary N) is 1. The number of benzene rings is 3. The van der Waals surface area contributed by atoms with Gasteiger partial charge in [0, 0.05) is 128 Å². The first-order valence-electron chi connectivity index (χ1n) is 43.1. The number of likely N-dealkylation sites (N-methyl/N-ethyl adjacent to an activating group) is 2. The Morgan fingerprint density at radius 3 is 2.00 bits per heavy atom. The van der Waals surface area contributed by atoms with Gasteiger partial charge in [-0.05, 0) is 116 Å². The van der Waals surface area contributed by atoms with E-state index in [1.165, 1.54) is 30.4 Å². The van der Waals surface area contributed by atoms with E-state index in [-0.39, 0.29) is 133 Å². The number of para-hydroxylation sites is 1. The minimum absolute atomic E-state index is 0.00542. The summed E-state index contributed by atoms with van der Waals surface area (Å²) in [7, 11) is 8.02. The molecule has 3 aromatic carbocycles. The molecule has 10 N–H and O–H groups in total. The van der Waals surface area contributed by atoms with Crippen molar-refractivity contribution in [3.05, 3.63) is 118 Å². The molecule has 4 heterocycles. The van der Waals surface area contributed by atoms with Crippen molar-refractivity contribution in [3.63, 3.8) is 0 Å². The van der Waals surface area contributed by atoms with Gasteiger partial charge >= 0.3 is 18.1 Å². The molecule has 0 aliphatic carbocycles. The van der Waals surface area contributed by atoms with Gasteiger partial charge in [-0.25, -0.2) is 14.6 Å². The molecule has 2 aliphatic heterocycles. The maximum atomic E-state index is 15.0. The van der Waals surface area contributed by atoms with Crippen LogP contribution in [0.2, 0.25) is 0 Å². The van der Waals surface area contributed by atoms with E-state index in [2.05, 4.69) is 52.8 Å². The van der Waals surface area contributed by atoms with Crippen molar-refractivity contribution >= 4 is 99.2 Å². The fourth-order valence-corrected chi connectivity index (χ4v) is 16.9. The average molecular weight is 1730 g/mol. The lowest BCUT2D eigenvalue weighted by Crippen LogP contribution is -2.60. The number of aryl methyl sites for hydroxylation is 1. The molecule has 678 valence electrons. The van der Waals surface area contributed by atoms with Gasteiger partial charge in [0.1, 0.15) is 35.8 Å². The summed E-state index contributed by atoms with van der Waals surface area (Å²) in [6.07, 6.45) is 2.57. The van der Waals surface area contributed by atoms with Crippen molar-refractivity contribution in [2.45, 2.75) is 226 Å². The summed E-state index contributed by atoms with van der Waals surface area (Å²) in [5, 5.41) is 33.0. The Kier molecular flexibility index (Phi) is 41.1. The number of rotatable bonds is 51. The number of anilines is 1. The fourth-order valence-electron chi connectivity index (χ4n) is 16.2. The number of fused-ring (bicyclic) bond motifs is 1. The van der Waals surface area contributed by atoms with Crippen LogP contribution in [0.4, 0.5) is 15.3 Å². The number of carbonyl (C=O) groups excluding carboxylic acids is 11. The fraction of sp³-hybridized carbons (Fsp3) is 0.607. The molecule has 12 amide bonds. The number of nitrogens with zero attached hydrogens (tertiary/aromatic N) is 7. The Hall–Kier alpha value is -10.1. The van der Waals surface area contributed by atoms with Crippen LogP contribution >= 0.6 is 11.3 Å². The zero-order valence-corrected chi connectivity index (χ0v) is 74.9. The molecule has 2 fully saturated rings. The maximum absolute atomic E-state index is 15.0. The van der Waals surface area contributed by atoms with Crippen LogP contribution < -0.4 is 43.0 Å². The maximum Gasteiger partial charge on any atom is 0.410 e. The first kappa shape index (κ1) is 100.0. The van der Waals surface area contributed by atoms with Crippen molar-refractivity contribution in [2.75, 3.05) is 99.8 Å². The van der Waals surface area contributed by atoms with Crippen molar-refractivity contribution in [2.24, 2.45) is 35.3 Å². The number of carboxylic acids is 1. The number of aliphatic carboxylic acids is 1. The van der Waals surface area contributed by atoms with Gasteiger partial charge < -0.3 is 95.9 Å². The number of likely N-dealkylation sites (tertiary alicyclic amines) is 2. The lowest BCUT2D eigenvalue weighted by Gasteiger charge is -2.41. The molecule has 34 heteroatoms. The van der Waals surface area contributed by atoms with Gasteiger partial charge in [-0.15, -0.1) is 11.3 Å². The lowest BCUT2D eigenvalue weighted by molar-refractivity contribution is -0.148. The second-order valence-electron chi connectivity index (χ2n) is 33.0. The van der Waals surface area contributed by atoms with Crippen molar-refractivity contribution in [1.29, 1.82) is 0 Å². The predicted octanol–water partition coefficient (Wildman–Crippen LogP) is 7.78. The Morgan fingerprint density at radius 1 is 0.691 bits per heavy atom. The third kappa shape index (κ3) is 30.1. The smallest absolute Gasteiger partial charge is 0.410 e. The molecule has 2 aromatic heterocycles. The molecule has 2 saturated heterocycles. The van der Waals surface area contributed by atoms with Crippen LogP contribution in [0.3, 0.4) is 0 Å². The molecular weight excluding hydrogens is 1600 g/mol. The quantitative estimate of drug-likeness (QED) is 0.0168. The molecule has 5 aromatic rings. The van der Waals surface area contributed by atoms with E-state index in [0.29, 0.717) is 82.5 Å². The Labute approximate surface area is 727 Å². The van der Waals surface area contributed by atoms with Crippen LogP contribution in [0.5, 0.6) is 0 Å².